The van der Waals surface area contributed by atoms with Gasteiger partial charge in [-0.25, -0.2) is 0 Å². The molecule has 3 aromatic rings. The number of pyridine rings is 1. The van der Waals surface area contributed by atoms with Gasteiger partial charge in [0.2, 0.25) is 0 Å². The molecule has 1 aliphatic rings. The molecule has 25 heavy (non-hydrogen) atoms. The van der Waals surface area contributed by atoms with E-state index in [2.05, 4.69) is 64.1 Å². The van der Waals surface area contributed by atoms with E-state index in [1.807, 2.05) is 0 Å². The Balaban J connectivity index is 0.00000182. The van der Waals surface area contributed by atoms with E-state index >= 15 is 0 Å². The third-order valence-corrected chi connectivity index (χ3v) is 4.68. The summed E-state index contributed by atoms with van der Waals surface area (Å²) in [6.07, 6.45) is 1.05. The Morgan fingerprint density at radius 2 is 2.00 bits per heavy atom. The van der Waals surface area contributed by atoms with Gasteiger partial charge < -0.3 is 4.74 Å². The van der Waals surface area contributed by atoms with Gasteiger partial charge in [0.1, 0.15) is 5.75 Å². The van der Waals surface area contributed by atoms with Crippen molar-refractivity contribution in [2.75, 3.05) is 0 Å². The molecule has 0 N–H and O–H groups in total. The van der Waals surface area contributed by atoms with Crippen LogP contribution in [0.3, 0.4) is 0 Å². The summed E-state index contributed by atoms with van der Waals surface area (Å²) in [6, 6.07) is 14.2. The zero-order valence-corrected chi connectivity index (χ0v) is 17.5. The second-order valence-corrected chi connectivity index (χ2v) is 7.19. The molecule has 0 fully saturated rings. The van der Waals surface area contributed by atoms with Crippen molar-refractivity contribution in [3.63, 3.8) is 0 Å². The van der Waals surface area contributed by atoms with Crippen LogP contribution < -0.4 is 4.74 Å². The normalized spacial score (nSPS) is 12.4. The van der Waals surface area contributed by atoms with E-state index < -0.39 is 0 Å². The predicted octanol–water partition coefficient (Wildman–Crippen LogP) is 5.41. The predicted molar refractivity (Wildman–Crippen MR) is 98.4 cm³/mol. The average molecular weight is 509 g/mol. The molecule has 0 unspecified atom stereocenters. The van der Waals surface area contributed by atoms with Crippen molar-refractivity contribution >= 4 is 10.9 Å². The van der Waals surface area contributed by atoms with E-state index in [0.717, 1.165) is 34.5 Å². The topological polar surface area (TPSA) is 22.1 Å². The van der Waals surface area contributed by atoms with Gasteiger partial charge in [-0.15, -0.1) is 28.8 Å². The van der Waals surface area contributed by atoms with Crippen LogP contribution in [0, 0.1) is 25.8 Å². The number of aryl methyl sites for hydroxylation is 2. The SMILES string of the molecule is Cc1[c-]c2c(c(C)c1)COc1cc3c(CC(C)C)cccc3nc1-2.[Ir]. The van der Waals surface area contributed by atoms with E-state index in [1.54, 1.807) is 0 Å². The molecular formula is C22H22IrNO-. The van der Waals surface area contributed by atoms with Crippen molar-refractivity contribution in [1.82, 2.24) is 4.98 Å². The summed E-state index contributed by atoms with van der Waals surface area (Å²) in [5.41, 5.74) is 8.02. The third kappa shape index (κ3) is 3.23. The van der Waals surface area contributed by atoms with Crippen molar-refractivity contribution in [2.24, 2.45) is 5.92 Å². The fourth-order valence-corrected chi connectivity index (χ4v) is 3.60. The molecule has 0 atom stereocenters. The van der Waals surface area contributed by atoms with E-state index in [9.17, 15) is 0 Å². The first-order chi connectivity index (χ1) is 11.5. The van der Waals surface area contributed by atoms with Crippen molar-refractivity contribution in [2.45, 2.75) is 40.7 Å². The summed E-state index contributed by atoms with van der Waals surface area (Å²) in [6.45, 7) is 9.32. The molecule has 0 saturated heterocycles. The fourth-order valence-electron chi connectivity index (χ4n) is 3.60. The second kappa shape index (κ2) is 6.90. The molecular weight excluding hydrogens is 486 g/mol. The van der Waals surface area contributed by atoms with Gasteiger partial charge in [-0.2, -0.15) is 0 Å². The summed E-state index contributed by atoms with van der Waals surface area (Å²) >= 11 is 0. The molecule has 0 aliphatic carbocycles. The van der Waals surface area contributed by atoms with Crippen LogP contribution >= 0.6 is 0 Å². The van der Waals surface area contributed by atoms with Crippen molar-refractivity contribution in [3.05, 3.63) is 58.7 Å². The van der Waals surface area contributed by atoms with Gasteiger partial charge in [0, 0.05) is 31.2 Å². The molecule has 131 valence electrons. The number of benzene rings is 2. The Kier molecular flexibility index (Phi) is 4.99. The first-order valence-corrected chi connectivity index (χ1v) is 8.61. The molecule has 4 rings (SSSR count). The number of hydrogen-bond acceptors (Lipinski definition) is 2. The number of nitrogens with zero attached hydrogens (tertiary/aromatic N) is 1. The Morgan fingerprint density at radius 1 is 1.20 bits per heavy atom. The van der Waals surface area contributed by atoms with Gasteiger partial charge in [0.15, 0.2) is 0 Å². The van der Waals surface area contributed by atoms with Gasteiger partial charge in [-0.05, 0) is 30.0 Å². The van der Waals surface area contributed by atoms with Crippen molar-refractivity contribution in [1.29, 1.82) is 0 Å². The second-order valence-electron chi connectivity index (χ2n) is 7.19. The zero-order valence-electron chi connectivity index (χ0n) is 15.1. The quantitative estimate of drug-likeness (QED) is 0.432. The number of ether oxygens (including phenoxy) is 1. The van der Waals surface area contributed by atoms with E-state index in [4.69, 9.17) is 9.72 Å². The average Bonchev–Trinajstić information content (AvgIpc) is 2.53. The molecule has 0 spiro atoms. The maximum Gasteiger partial charge on any atom is 0.104 e. The van der Waals surface area contributed by atoms with Crippen LogP contribution in [0.15, 0.2) is 30.3 Å². The molecule has 1 aromatic heterocycles. The number of aromatic nitrogens is 1. The summed E-state index contributed by atoms with van der Waals surface area (Å²) in [5, 5.41) is 1.21. The number of rotatable bonds is 2. The smallest absolute Gasteiger partial charge is 0.104 e. The Labute approximate surface area is 163 Å². The summed E-state index contributed by atoms with van der Waals surface area (Å²) < 4.78 is 6.06. The molecule has 0 saturated carbocycles. The largest absolute Gasteiger partial charge is 0.506 e. The van der Waals surface area contributed by atoms with Gasteiger partial charge >= 0.3 is 0 Å². The Morgan fingerprint density at radius 3 is 2.76 bits per heavy atom. The molecule has 2 nitrogen and oxygen atoms in total. The van der Waals surface area contributed by atoms with Crippen LogP contribution in [0.5, 0.6) is 5.75 Å². The van der Waals surface area contributed by atoms with E-state index in [-0.39, 0.29) is 20.1 Å². The summed E-state index contributed by atoms with van der Waals surface area (Å²) in [7, 11) is 0. The Hall–Kier alpha value is -1.70. The monoisotopic (exact) mass is 509 g/mol. The first-order valence-electron chi connectivity index (χ1n) is 8.61. The minimum Gasteiger partial charge on any atom is -0.506 e. The molecule has 2 aromatic carbocycles. The maximum absolute atomic E-state index is 6.06. The molecule has 1 aliphatic heterocycles. The van der Waals surface area contributed by atoms with E-state index in [0.29, 0.717) is 12.5 Å². The van der Waals surface area contributed by atoms with Crippen LogP contribution in [0.2, 0.25) is 0 Å². The van der Waals surface area contributed by atoms with Crippen LogP contribution in [-0.4, -0.2) is 4.98 Å². The first kappa shape index (κ1) is 18.1. The zero-order chi connectivity index (χ0) is 16.8. The molecule has 0 bridgehead atoms. The summed E-state index contributed by atoms with van der Waals surface area (Å²) in [5.74, 6) is 1.50. The van der Waals surface area contributed by atoms with Gasteiger partial charge in [-0.1, -0.05) is 45.4 Å². The third-order valence-electron chi connectivity index (χ3n) is 4.68. The fraction of sp³-hybridized carbons (Fsp3) is 0.318. The van der Waals surface area contributed by atoms with Gasteiger partial charge in [0.05, 0.1) is 12.1 Å². The van der Waals surface area contributed by atoms with Crippen LogP contribution in [0.25, 0.3) is 22.2 Å². The number of hydrogen-bond donors (Lipinski definition) is 0. The Bertz CT molecular complexity index is 946. The molecule has 0 amide bonds. The van der Waals surface area contributed by atoms with Crippen molar-refractivity contribution < 1.29 is 24.8 Å². The van der Waals surface area contributed by atoms with Crippen molar-refractivity contribution in [3.8, 4) is 17.0 Å². The van der Waals surface area contributed by atoms with Crippen LogP contribution in [0.1, 0.15) is 36.1 Å². The summed E-state index contributed by atoms with van der Waals surface area (Å²) in [4.78, 5) is 4.95. The molecule has 3 heteroatoms. The minimum atomic E-state index is 0. The molecule has 1 radical (unpaired) electrons. The standard InChI is InChI=1S/C22H22NO.Ir/c1-13(2)8-16-6-5-7-20-17(16)11-21-22(23-20)18-10-14(3)9-15(4)19(18)12-24-21;/h5-7,9,11,13H,8,12H2,1-4H3;/q-1;. The molecule has 2 heterocycles. The maximum atomic E-state index is 6.06. The van der Waals surface area contributed by atoms with Gasteiger partial charge in [0.25, 0.3) is 0 Å². The number of fused-ring (bicyclic) bond motifs is 4. The van der Waals surface area contributed by atoms with Gasteiger partial charge in [-0.3, -0.25) is 4.98 Å². The van der Waals surface area contributed by atoms with Crippen LogP contribution in [0.4, 0.5) is 0 Å². The van der Waals surface area contributed by atoms with E-state index in [1.165, 1.54) is 22.1 Å². The van der Waals surface area contributed by atoms with Crippen LogP contribution in [-0.2, 0) is 33.1 Å². The minimum absolute atomic E-state index is 0.